The molecule has 138 valence electrons. The fourth-order valence-corrected chi connectivity index (χ4v) is 2.85. The molecule has 8 heteroatoms. The molecule has 2 amide bonds. The van der Waals surface area contributed by atoms with Crippen LogP contribution in [0.1, 0.15) is 35.7 Å². The molecule has 0 bridgehead atoms. The van der Waals surface area contributed by atoms with E-state index < -0.39 is 17.6 Å². The van der Waals surface area contributed by atoms with Crippen molar-refractivity contribution in [3.05, 3.63) is 35.4 Å². The van der Waals surface area contributed by atoms with Crippen LogP contribution in [-0.2, 0) is 11.0 Å². The SMILES string of the molecule is CC(N)C1CCCN(C(=O)CNC(=O)c2ccc(C(F)(F)F)cc2)C1. The Bertz CT molecular complexity index is 615. The van der Waals surface area contributed by atoms with Gasteiger partial charge in [-0.15, -0.1) is 0 Å². The number of carbonyl (C=O) groups excluding carboxylic acids is 2. The van der Waals surface area contributed by atoms with Crippen LogP contribution in [0.2, 0.25) is 0 Å². The third-order valence-electron chi connectivity index (χ3n) is 4.43. The van der Waals surface area contributed by atoms with Gasteiger partial charge in [0, 0.05) is 24.7 Å². The second-order valence-electron chi connectivity index (χ2n) is 6.36. The highest BCUT2D eigenvalue weighted by Gasteiger charge is 2.30. The molecule has 5 nitrogen and oxygen atoms in total. The van der Waals surface area contributed by atoms with Gasteiger partial charge in [0.2, 0.25) is 5.91 Å². The highest BCUT2D eigenvalue weighted by Crippen LogP contribution is 2.29. The Balaban J connectivity index is 1.88. The maximum Gasteiger partial charge on any atom is 0.416 e. The number of halogens is 3. The number of amides is 2. The predicted octanol–water partition coefficient (Wildman–Crippen LogP) is 2.02. The second kappa shape index (κ2) is 7.86. The van der Waals surface area contributed by atoms with Crippen LogP contribution in [0, 0.1) is 5.92 Å². The van der Waals surface area contributed by atoms with Crippen LogP contribution in [0.3, 0.4) is 0 Å². The number of alkyl halides is 3. The first kappa shape index (κ1) is 19.2. The Hall–Kier alpha value is -2.09. The lowest BCUT2D eigenvalue weighted by Gasteiger charge is -2.34. The fourth-order valence-electron chi connectivity index (χ4n) is 2.85. The molecule has 0 radical (unpaired) electrons. The van der Waals surface area contributed by atoms with E-state index in [2.05, 4.69) is 5.32 Å². The molecule has 1 fully saturated rings. The molecule has 0 spiro atoms. The quantitative estimate of drug-likeness (QED) is 0.866. The van der Waals surface area contributed by atoms with Gasteiger partial charge in [0.05, 0.1) is 12.1 Å². The van der Waals surface area contributed by atoms with E-state index in [1.165, 1.54) is 0 Å². The van der Waals surface area contributed by atoms with Crippen molar-refractivity contribution >= 4 is 11.8 Å². The van der Waals surface area contributed by atoms with Crippen LogP contribution in [0.5, 0.6) is 0 Å². The third kappa shape index (κ3) is 5.19. The second-order valence-corrected chi connectivity index (χ2v) is 6.36. The van der Waals surface area contributed by atoms with Gasteiger partial charge in [-0.05, 0) is 49.9 Å². The normalized spacial score (nSPS) is 19.4. The smallest absolute Gasteiger partial charge is 0.343 e. The average Bonchev–Trinajstić information content (AvgIpc) is 2.58. The summed E-state index contributed by atoms with van der Waals surface area (Å²) in [6, 6.07) is 3.87. The van der Waals surface area contributed by atoms with E-state index in [-0.39, 0.29) is 30.0 Å². The lowest BCUT2D eigenvalue weighted by atomic mass is 9.92. The molecule has 1 aliphatic heterocycles. The summed E-state index contributed by atoms with van der Waals surface area (Å²) in [4.78, 5) is 25.9. The molecule has 1 aliphatic rings. The first-order valence-corrected chi connectivity index (χ1v) is 8.17. The number of nitrogens with two attached hydrogens (primary N) is 1. The molecule has 1 saturated heterocycles. The maximum absolute atomic E-state index is 12.5. The van der Waals surface area contributed by atoms with E-state index in [4.69, 9.17) is 5.73 Å². The van der Waals surface area contributed by atoms with E-state index in [9.17, 15) is 22.8 Å². The Morgan fingerprint density at radius 1 is 1.32 bits per heavy atom. The molecular formula is C17H22F3N3O2. The van der Waals surface area contributed by atoms with Gasteiger partial charge in [-0.3, -0.25) is 9.59 Å². The zero-order valence-electron chi connectivity index (χ0n) is 14.0. The molecule has 1 heterocycles. The largest absolute Gasteiger partial charge is 0.416 e. The Kier molecular flexibility index (Phi) is 6.05. The molecule has 25 heavy (non-hydrogen) atoms. The minimum atomic E-state index is -4.45. The van der Waals surface area contributed by atoms with E-state index in [0.717, 1.165) is 37.1 Å². The van der Waals surface area contributed by atoms with Crippen LogP contribution < -0.4 is 11.1 Å². The number of benzene rings is 1. The Morgan fingerprint density at radius 3 is 2.52 bits per heavy atom. The molecule has 0 saturated carbocycles. The maximum atomic E-state index is 12.5. The third-order valence-corrected chi connectivity index (χ3v) is 4.43. The zero-order chi connectivity index (χ0) is 18.6. The van der Waals surface area contributed by atoms with Crippen LogP contribution in [-0.4, -0.2) is 42.4 Å². The number of hydrogen-bond acceptors (Lipinski definition) is 3. The van der Waals surface area contributed by atoms with E-state index in [1.807, 2.05) is 6.92 Å². The van der Waals surface area contributed by atoms with Crippen molar-refractivity contribution in [3.8, 4) is 0 Å². The van der Waals surface area contributed by atoms with Crippen molar-refractivity contribution in [1.82, 2.24) is 10.2 Å². The van der Waals surface area contributed by atoms with Gasteiger partial charge < -0.3 is 16.0 Å². The summed E-state index contributed by atoms with van der Waals surface area (Å²) in [5.74, 6) is -0.559. The van der Waals surface area contributed by atoms with Gasteiger partial charge in [0.15, 0.2) is 0 Å². The van der Waals surface area contributed by atoms with E-state index in [0.29, 0.717) is 13.1 Å². The number of rotatable bonds is 4. The summed E-state index contributed by atoms with van der Waals surface area (Å²) in [6.07, 6.45) is -2.61. The minimum absolute atomic E-state index is 0.00246. The fraction of sp³-hybridized carbons (Fsp3) is 0.529. The number of hydrogen-bond donors (Lipinski definition) is 2. The van der Waals surface area contributed by atoms with Gasteiger partial charge in [0.1, 0.15) is 0 Å². The summed E-state index contributed by atoms with van der Waals surface area (Å²) in [6.45, 7) is 2.90. The van der Waals surface area contributed by atoms with Crippen molar-refractivity contribution in [2.24, 2.45) is 11.7 Å². The number of piperidine rings is 1. The zero-order valence-corrected chi connectivity index (χ0v) is 14.0. The highest BCUT2D eigenvalue weighted by atomic mass is 19.4. The van der Waals surface area contributed by atoms with Gasteiger partial charge in [0.25, 0.3) is 5.91 Å². The monoisotopic (exact) mass is 357 g/mol. The van der Waals surface area contributed by atoms with E-state index >= 15 is 0 Å². The summed E-state index contributed by atoms with van der Waals surface area (Å²) in [5.41, 5.74) is 5.14. The van der Waals surface area contributed by atoms with Crippen LogP contribution >= 0.6 is 0 Å². The van der Waals surface area contributed by atoms with Crippen LogP contribution in [0.15, 0.2) is 24.3 Å². The molecule has 2 unspecified atom stereocenters. The average molecular weight is 357 g/mol. The minimum Gasteiger partial charge on any atom is -0.343 e. The van der Waals surface area contributed by atoms with E-state index in [1.54, 1.807) is 4.90 Å². The number of nitrogens with zero attached hydrogens (tertiary/aromatic N) is 1. The topological polar surface area (TPSA) is 75.4 Å². The molecule has 0 aromatic heterocycles. The Labute approximate surface area is 144 Å². The first-order chi connectivity index (χ1) is 11.7. The van der Waals surface area contributed by atoms with Crippen LogP contribution in [0.4, 0.5) is 13.2 Å². The summed E-state index contributed by atoms with van der Waals surface area (Å²) in [7, 11) is 0. The van der Waals surface area contributed by atoms with Gasteiger partial charge in [-0.2, -0.15) is 13.2 Å². The lowest BCUT2D eigenvalue weighted by molar-refractivity contribution is -0.137. The number of nitrogens with one attached hydrogen (secondary N) is 1. The van der Waals surface area contributed by atoms with Crippen molar-refractivity contribution in [3.63, 3.8) is 0 Å². The summed E-state index contributed by atoms with van der Waals surface area (Å²) >= 11 is 0. The first-order valence-electron chi connectivity index (χ1n) is 8.17. The predicted molar refractivity (Wildman–Crippen MR) is 86.7 cm³/mol. The van der Waals surface area contributed by atoms with Crippen molar-refractivity contribution in [1.29, 1.82) is 0 Å². The van der Waals surface area contributed by atoms with Gasteiger partial charge in [-0.25, -0.2) is 0 Å². The molecule has 2 atom stereocenters. The summed E-state index contributed by atoms with van der Waals surface area (Å²) < 4.78 is 37.5. The van der Waals surface area contributed by atoms with Crippen molar-refractivity contribution in [2.75, 3.05) is 19.6 Å². The highest BCUT2D eigenvalue weighted by molar-refractivity contribution is 5.96. The number of carbonyl (C=O) groups is 2. The van der Waals surface area contributed by atoms with Crippen molar-refractivity contribution < 1.29 is 22.8 Å². The molecular weight excluding hydrogens is 335 g/mol. The van der Waals surface area contributed by atoms with Gasteiger partial charge in [-0.1, -0.05) is 0 Å². The molecule has 0 aliphatic carbocycles. The molecule has 1 aromatic carbocycles. The van der Waals surface area contributed by atoms with Crippen LogP contribution in [0.25, 0.3) is 0 Å². The number of likely N-dealkylation sites (tertiary alicyclic amines) is 1. The van der Waals surface area contributed by atoms with Gasteiger partial charge >= 0.3 is 6.18 Å². The Morgan fingerprint density at radius 2 is 1.96 bits per heavy atom. The molecule has 1 aromatic rings. The molecule has 2 rings (SSSR count). The summed E-state index contributed by atoms with van der Waals surface area (Å²) in [5, 5.41) is 2.46. The van der Waals surface area contributed by atoms with Crippen molar-refractivity contribution in [2.45, 2.75) is 32.0 Å². The lowest BCUT2D eigenvalue weighted by Crippen LogP contribution is -2.48. The standard InChI is InChI=1S/C17H22F3N3O2/c1-11(21)13-3-2-8-23(10-13)15(24)9-22-16(25)12-4-6-14(7-5-12)17(18,19)20/h4-7,11,13H,2-3,8-10,21H2,1H3,(H,22,25). The molecule has 3 N–H and O–H groups in total.